The zero-order valence-electron chi connectivity index (χ0n) is 8.82. The topological polar surface area (TPSA) is 32.7 Å². The van der Waals surface area contributed by atoms with Gasteiger partial charge in [0.1, 0.15) is 0 Å². The summed E-state index contributed by atoms with van der Waals surface area (Å²) in [6.07, 6.45) is 3.22. The van der Waals surface area contributed by atoms with Crippen molar-refractivity contribution in [3.8, 4) is 0 Å². The van der Waals surface area contributed by atoms with Gasteiger partial charge in [0.15, 0.2) is 0 Å². The molecular weight excluding hydrogens is 212 g/mol. The van der Waals surface area contributed by atoms with E-state index < -0.39 is 0 Å². The summed E-state index contributed by atoms with van der Waals surface area (Å²) < 4.78 is 0. The number of halogens is 1. The van der Waals surface area contributed by atoms with E-state index in [1.165, 1.54) is 5.01 Å². The van der Waals surface area contributed by atoms with Crippen LogP contribution in [0.4, 0.5) is 5.69 Å². The second-order valence-electron chi connectivity index (χ2n) is 3.39. The molecule has 0 bridgehead atoms. The van der Waals surface area contributed by atoms with E-state index in [9.17, 15) is 4.91 Å². The zero-order chi connectivity index (χ0) is 11.1. The second kappa shape index (κ2) is 6.40. The SMILES string of the molecule is CCCCCN(N=O)c1ccc(Cl)cc1. The number of anilines is 1. The minimum absolute atomic E-state index is 0.665. The molecule has 82 valence electrons. The molecule has 0 atom stereocenters. The van der Waals surface area contributed by atoms with Crippen LogP contribution in [0.25, 0.3) is 0 Å². The molecular formula is C11H15ClN2O. The largest absolute Gasteiger partial charge is 0.229 e. The van der Waals surface area contributed by atoms with Gasteiger partial charge >= 0.3 is 0 Å². The standard InChI is InChI=1S/C11H15ClN2O/c1-2-3-4-9-14(13-15)11-7-5-10(12)6-8-11/h5-8H,2-4,9H2,1H3. The highest BCUT2D eigenvalue weighted by atomic mass is 35.5. The minimum Gasteiger partial charge on any atom is -0.229 e. The van der Waals surface area contributed by atoms with E-state index >= 15 is 0 Å². The summed E-state index contributed by atoms with van der Waals surface area (Å²) in [6.45, 7) is 2.79. The molecule has 4 heteroatoms. The van der Waals surface area contributed by atoms with E-state index in [1.54, 1.807) is 24.3 Å². The Morgan fingerprint density at radius 1 is 1.27 bits per heavy atom. The van der Waals surface area contributed by atoms with Gasteiger partial charge < -0.3 is 0 Å². The first kappa shape index (κ1) is 12.0. The van der Waals surface area contributed by atoms with Gasteiger partial charge in [0.2, 0.25) is 0 Å². The number of hydrogen-bond donors (Lipinski definition) is 0. The minimum atomic E-state index is 0.665. The van der Waals surface area contributed by atoms with Gasteiger partial charge in [-0.05, 0) is 30.7 Å². The van der Waals surface area contributed by atoms with Crippen LogP contribution >= 0.6 is 11.6 Å². The van der Waals surface area contributed by atoms with E-state index in [0.29, 0.717) is 11.6 Å². The second-order valence-corrected chi connectivity index (χ2v) is 3.82. The fourth-order valence-electron chi connectivity index (χ4n) is 1.34. The normalized spacial score (nSPS) is 10.0. The van der Waals surface area contributed by atoms with Crippen LogP contribution < -0.4 is 5.01 Å². The predicted molar refractivity (Wildman–Crippen MR) is 64.1 cm³/mol. The van der Waals surface area contributed by atoms with Gasteiger partial charge in [0.25, 0.3) is 0 Å². The zero-order valence-corrected chi connectivity index (χ0v) is 9.57. The Labute approximate surface area is 95.0 Å². The lowest BCUT2D eigenvalue weighted by Crippen LogP contribution is -2.16. The van der Waals surface area contributed by atoms with E-state index in [4.69, 9.17) is 11.6 Å². The molecule has 0 amide bonds. The molecule has 0 N–H and O–H groups in total. The smallest absolute Gasteiger partial charge is 0.0627 e. The molecule has 0 spiro atoms. The average molecular weight is 227 g/mol. The maximum Gasteiger partial charge on any atom is 0.0627 e. The monoisotopic (exact) mass is 226 g/mol. The van der Waals surface area contributed by atoms with Crippen LogP contribution in [0, 0.1) is 4.91 Å². The number of hydrogen-bond acceptors (Lipinski definition) is 2. The fourth-order valence-corrected chi connectivity index (χ4v) is 1.47. The fraction of sp³-hybridized carbons (Fsp3) is 0.455. The number of unbranched alkanes of at least 4 members (excludes halogenated alkanes) is 2. The third-order valence-corrected chi connectivity index (χ3v) is 2.45. The third-order valence-electron chi connectivity index (χ3n) is 2.20. The van der Waals surface area contributed by atoms with Crippen LogP contribution in [-0.2, 0) is 0 Å². The number of benzene rings is 1. The molecule has 3 nitrogen and oxygen atoms in total. The number of nitroso groups, excluding NO2 is 1. The van der Waals surface area contributed by atoms with Crippen LogP contribution in [0.15, 0.2) is 29.6 Å². The molecule has 0 fully saturated rings. The van der Waals surface area contributed by atoms with Crippen LogP contribution in [0.1, 0.15) is 26.2 Å². The van der Waals surface area contributed by atoms with Gasteiger partial charge in [-0.15, -0.1) is 4.91 Å². The quantitative estimate of drug-likeness (QED) is 0.417. The molecule has 0 aromatic heterocycles. The molecule has 0 radical (unpaired) electrons. The predicted octanol–water partition coefficient (Wildman–Crippen LogP) is 4.02. The highest BCUT2D eigenvalue weighted by Gasteiger charge is 2.05. The van der Waals surface area contributed by atoms with Gasteiger partial charge in [-0.1, -0.05) is 31.4 Å². The van der Waals surface area contributed by atoms with E-state index in [2.05, 4.69) is 12.2 Å². The van der Waals surface area contributed by atoms with Crippen molar-refractivity contribution in [1.82, 2.24) is 0 Å². The van der Waals surface area contributed by atoms with Crippen molar-refractivity contribution in [2.24, 2.45) is 5.29 Å². The molecule has 1 aromatic rings. The highest BCUT2D eigenvalue weighted by molar-refractivity contribution is 6.30. The first-order valence-electron chi connectivity index (χ1n) is 5.14. The lowest BCUT2D eigenvalue weighted by atomic mass is 10.2. The molecule has 0 aliphatic carbocycles. The maximum atomic E-state index is 10.6. The van der Waals surface area contributed by atoms with Gasteiger partial charge in [0.05, 0.1) is 11.0 Å². The van der Waals surface area contributed by atoms with Crippen LogP contribution in [0.3, 0.4) is 0 Å². The summed E-state index contributed by atoms with van der Waals surface area (Å²) >= 11 is 5.76. The molecule has 0 aliphatic heterocycles. The Hall–Kier alpha value is -1.09. The van der Waals surface area contributed by atoms with E-state index in [0.717, 1.165) is 24.9 Å². The third kappa shape index (κ3) is 3.88. The summed E-state index contributed by atoms with van der Waals surface area (Å²) in [4.78, 5) is 10.6. The first-order chi connectivity index (χ1) is 7.27. The van der Waals surface area contributed by atoms with Gasteiger partial charge in [-0.3, -0.25) is 0 Å². The van der Waals surface area contributed by atoms with Crippen molar-refractivity contribution in [3.63, 3.8) is 0 Å². The summed E-state index contributed by atoms with van der Waals surface area (Å²) in [5, 5.41) is 5.13. The number of nitrogens with zero attached hydrogens (tertiary/aromatic N) is 2. The van der Waals surface area contributed by atoms with Crippen molar-refractivity contribution >= 4 is 17.3 Å². The summed E-state index contributed by atoms with van der Waals surface area (Å²) in [6, 6.07) is 7.12. The molecule has 0 unspecified atom stereocenters. The molecule has 0 saturated heterocycles. The number of rotatable bonds is 6. The van der Waals surface area contributed by atoms with Crippen molar-refractivity contribution in [3.05, 3.63) is 34.2 Å². The van der Waals surface area contributed by atoms with Gasteiger partial charge in [0, 0.05) is 11.6 Å². The average Bonchev–Trinajstić information content (AvgIpc) is 2.26. The first-order valence-corrected chi connectivity index (χ1v) is 5.52. The highest BCUT2D eigenvalue weighted by Crippen LogP contribution is 2.18. The van der Waals surface area contributed by atoms with Crippen molar-refractivity contribution in [1.29, 1.82) is 0 Å². The van der Waals surface area contributed by atoms with Gasteiger partial charge in [-0.2, -0.15) is 0 Å². The molecule has 15 heavy (non-hydrogen) atoms. The Kier molecular flexibility index (Phi) is 5.12. The van der Waals surface area contributed by atoms with Gasteiger partial charge in [-0.25, -0.2) is 5.01 Å². The Morgan fingerprint density at radius 3 is 2.47 bits per heavy atom. The van der Waals surface area contributed by atoms with Crippen molar-refractivity contribution in [2.75, 3.05) is 11.6 Å². The van der Waals surface area contributed by atoms with Crippen LogP contribution in [0.5, 0.6) is 0 Å². The summed E-state index contributed by atoms with van der Waals surface area (Å²) in [7, 11) is 0. The molecule has 1 aromatic carbocycles. The van der Waals surface area contributed by atoms with Crippen molar-refractivity contribution < 1.29 is 0 Å². The van der Waals surface area contributed by atoms with E-state index in [1.807, 2.05) is 0 Å². The van der Waals surface area contributed by atoms with Crippen molar-refractivity contribution in [2.45, 2.75) is 26.2 Å². The summed E-state index contributed by atoms with van der Waals surface area (Å²) in [5.41, 5.74) is 0.797. The van der Waals surface area contributed by atoms with E-state index in [-0.39, 0.29) is 0 Å². The maximum absolute atomic E-state index is 10.6. The lowest BCUT2D eigenvalue weighted by molar-refractivity contribution is 0.687. The molecule has 0 saturated carbocycles. The Balaban J connectivity index is 2.57. The molecule has 1 rings (SSSR count). The summed E-state index contributed by atoms with van der Waals surface area (Å²) in [5.74, 6) is 0. The van der Waals surface area contributed by atoms with Crippen LogP contribution in [-0.4, -0.2) is 6.54 Å². The lowest BCUT2D eigenvalue weighted by Gasteiger charge is -2.14. The molecule has 0 aliphatic rings. The molecule has 0 heterocycles. The Bertz CT molecular complexity index is 300. The Morgan fingerprint density at radius 2 is 1.93 bits per heavy atom. The van der Waals surface area contributed by atoms with Crippen LogP contribution in [0.2, 0.25) is 5.02 Å².